The summed E-state index contributed by atoms with van der Waals surface area (Å²) in [5.41, 5.74) is 2.03. The Morgan fingerprint density at radius 2 is 2.08 bits per heavy atom. The number of nitro groups is 1. The lowest BCUT2D eigenvalue weighted by Gasteiger charge is -2.39. The predicted octanol–water partition coefficient (Wildman–Crippen LogP) is 3.34. The molecule has 1 amide bonds. The molecule has 2 heterocycles. The Hall–Kier alpha value is -2.93. The summed E-state index contributed by atoms with van der Waals surface area (Å²) >= 11 is 0. The van der Waals surface area contributed by atoms with Crippen molar-refractivity contribution in [2.75, 3.05) is 18.5 Å². The highest BCUT2D eigenvalue weighted by molar-refractivity contribution is 6.01. The number of hydrogen-bond donors (Lipinski definition) is 1. The lowest BCUT2D eigenvalue weighted by atomic mass is 10.0. The van der Waals surface area contributed by atoms with Gasteiger partial charge in [-0.2, -0.15) is 0 Å². The van der Waals surface area contributed by atoms with E-state index in [0.717, 1.165) is 18.5 Å². The molecule has 2 aliphatic heterocycles. The van der Waals surface area contributed by atoms with Crippen molar-refractivity contribution in [1.82, 2.24) is 4.90 Å². The molecule has 1 N–H and O–H groups in total. The summed E-state index contributed by atoms with van der Waals surface area (Å²) in [6.45, 7) is 1.16. The van der Waals surface area contributed by atoms with E-state index in [1.165, 1.54) is 12.1 Å². The number of non-ortho nitro benzene ring substituents is 1. The first-order chi connectivity index (χ1) is 12.6. The summed E-state index contributed by atoms with van der Waals surface area (Å²) in [6.07, 6.45) is 1.42. The number of anilines is 1. The van der Waals surface area contributed by atoms with Crippen LogP contribution in [0.4, 0.5) is 11.4 Å². The molecule has 0 bridgehead atoms. The van der Waals surface area contributed by atoms with Gasteiger partial charge in [-0.05, 0) is 25.0 Å². The Balaban J connectivity index is 1.73. The minimum absolute atomic E-state index is 0.00711. The minimum Gasteiger partial charge on any atom is -0.376 e. The van der Waals surface area contributed by atoms with Crippen LogP contribution in [0.25, 0.3) is 0 Å². The maximum atomic E-state index is 13.1. The van der Waals surface area contributed by atoms with Crippen molar-refractivity contribution in [2.45, 2.75) is 25.1 Å². The van der Waals surface area contributed by atoms with E-state index in [4.69, 9.17) is 4.74 Å². The molecule has 2 aliphatic rings. The van der Waals surface area contributed by atoms with Crippen molar-refractivity contribution in [1.29, 1.82) is 0 Å². The van der Waals surface area contributed by atoms with Gasteiger partial charge in [0.1, 0.15) is 6.17 Å². The molecule has 7 nitrogen and oxygen atoms in total. The smallest absolute Gasteiger partial charge is 0.269 e. The van der Waals surface area contributed by atoms with Crippen LogP contribution in [0, 0.1) is 10.1 Å². The quantitative estimate of drug-likeness (QED) is 0.673. The fourth-order valence-corrected chi connectivity index (χ4v) is 3.56. The van der Waals surface area contributed by atoms with Crippen LogP contribution in [-0.2, 0) is 4.74 Å². The van der Waals surface area contributed by atoms with Crippen LogP contribution in [0.2, 0.25) is 0 Å². The number of nitro benzene ring substituents is 1. The molecule has 1 fully saturated rings. The topological polar surface area (TPSA) is 84.7 Å². The Kier molecular flexibility index (Phi) is 4.30. The number of rotatable bonds is 4. The molecule has 2 aromatic rings. The molecule has 7 heteroatoms. The lowest BCUT2D eigenvalue weighted by Crippen LogP contribution is -2.46. The highest BCUT2D eigenvalue weighted by Crippen LogP contribution is 2.34. The number of carbonyl (C=O) groups excluding carboxylic acids is 1. The first-order valence-corrected chi connectivity index (χ1v) is 8.66. The van der Waals surface area contributed by atoms with Crippen molar-refractivity contribution in [2.24, 2.45) is 0 Å². The van der Waals surface area contributed by atoms with Gasteiger partial charge >= 0.3 is 0 Å². The number of hydrogen-bond acceptors (Lipinski definition) is 5. The zero-order valence-corrected chi connectivity index (χ0v) is 14.1. The standard InChI is InChI=1S/C19H19N3O4/c23-19-16-8-1-2-9-17(16)20-18(21(19)12-15-7-4-10-26-15)13-5-3-6-14(11-13)22(24)25/h1-3,5-6,8-9,11,15,18,20H,4,7,10,12H2/t15-,18+/m0/s1. The molecule has 0 radical (unpaired) electrons. The summed E-state index contributed by atoms with van der Waals surface area (Å²) in [5, 5.41) is 14.5. The van der Waals surface area contributed by atoms with Crippen LogP contribution in [0.5, 0.6) is 0 Å². The van der Waals surface area contributed by atoms with Crippen LogP contribution >= 0.6 is 0 Å². The van der Waals surface area contributed by atoms with Gasteiger partial charge in [0.05, 0.1) is 16.6 Å². The number of amides is 1. The van der Waals surface area contributed by atoms with E-state index in [2.05, 4.69) is 5.32 Å². The van der Waals surface area contributed by atoms with Gasteiger partial charge in [-0.15, -0.1) is 0 Å². The largest absolute Gasteiger partial charge is 0.376 e. The second-order valence-electron chi connectivity index (χ2n) is 6.54. The van der Waals surface area contributed by atoms with E-state index in [1.54, 1.807) is 23.1 Å². The third kappa shape index (κ3) is 3.01. The molecule has 0 saturated carbocycles. The van der Waals surface area contributed by atoms with E-state index in [9.17, 15) is 14.9 Å². The number of fused-ring (bicyclic) bond motifs is 1. The highest BCUT2D eigenvalue weighted by Gasteiger charge is 2.35. The third-order valence-electron chi connectivity index (χ3n) is 4.84. The molecular formula is C19H19N3O4. The molecule has 0 unspecified atom stereocenters. The summed E-state index contributed by atoms with van der Waals surface area (Å²) in [4.78, 5) is 25.5. The van der Waals surface area contributed by atoms with Crippen molar-refractivity contribution in [3.8, 4) is 0 Å². The van der Waals surface area contributed by atoms with Gasteiger partial charge in [0.2, 0.25) is 0 Å². The normalized spacial score (nSPS) is 22.0. The number of benzene rings is 2. The average molecular weight is 353 g/mol. The molecule has 0 spiro atoms. The monoisotopic (exact) mass is 353 g/mol. The molecule has 2 atom stereocenters. The number of nitrogens with one attached hydrogen (secondary N) is 1. The second kappa shape index (κ2) is 6.76. The van der Waals surface area contributed by atoms with Gasteiger partial charge in [0.15, 0.2) is 0 Å². The Bertz CT molecular complexity index is 848. The molecule has 26 heavy (non-hydrogen) atoms. The summed E-state index contributed by atoms with van der Waals surface area (Å²) in [6, 6.07) is 13.7. The number of ether oxygens (including phenoxy) is 1. The fraction of sp³-hybridized carbons (Fsp3) is 0.316. The minimum atomic E-state index is -0.471. The second-order valence-corrected chi connectivity index (χ2v) is 6.54. The Labute approximate surface area is 150 Å². The zero-order valence-electron chi connectivity index (χ0n) is 14.1. The van der Waals surface area contributed by atoms with E-state index in [0.29, 0.717) is 24.3 Å². The Morgan fingerprint density at radius 1 is 1.23 bits per heavy atom. The molecule has 4 rings (SSSR count). The lowest BCUT2D eigenvalue weighted by molar-refractivity contribution is -0.384. The van der Waals surface area contributed by atoms with Crippen LogP contribution in [0.1, 0.15) is 34.9 Å². The summed E-state index contributed by atoms with van der Waals surface area (Å²) in [7, 11) is 0. The number of nitrogens with zero attached hydrogens (tertiary/aromatic N) is 2. The van der Waals surface area contributed by atoms with E-state index >= 15 is 0 Å². The van der Waals surface area contributed by atoms with E-state index in [1.807, 2.05) is 18.2 Å². The third-order valence-corrected chi connectivity index (χ3v) is 4.84. The fourth-order valence-electron chi connectivity index (χ4n) is 3.56. The van der Waals surface area contributed by atoms with Gasteiger partial charge in [-0.3, -0.25) is 14.9 Å². The molecule has 2 aromatic carbocycles. The number of para-hydroxylation sites is 1. The van der Waals surface area contributed by atoms with Gasteiger partial charge in [-0.1, -0.05) is 24.3 Å². The molecule has 1 saturated heterocycles. The first-order valence-electron chi connectivity index (χ1n) is 8.66. The molecular weight excluding hydrogens is 334 g/mol. The van der Waals surface area contributed by atoms with Crippen molar-refractivity contribution in [3.63, 3.8) is 0 Å². The van der Waals surface area contributed by atoms with Crippen LogP contribution < -0.4 is 5.32 Å². The zero-order chi connectivity index (χ0) is 18.1. The first kappa shape index (κ1) is 16.5. The maximum Gasteiger partial charge on any atom is 0.269 e. The predicted molar refractivity (Wildman–Crippen MR) is 95.9 cm³/mol. The van der Waals surface area contributed by atoms with Crippen molar-refractivity contribution < 1.29 is 14.5 Å². The van der Waals surface area contributed by atoms with Crippen molar-refractivity contribution in [3.05, 3.63) is 69.8 Å². The van der Waals surface area contributed by atoms with Gasteiger partial charge in [0, 0.05) is 36.5 Å². The molecule has 0 aromatic heterocycles. The van der Waals surface area contributed by atoms with E-state index in [-0.39, 0.29) is 17.7 Å². The van der Waals surface area contributed by atoms with Crippen LogP contribution in [0.15, 0.2) is 48.5 Å². The summed E-state index contributed by atoms with van der Waals surface area (Å²) < 4.78 is 5.71. The SMILES string of the molecule is O=C1c2ccccc2N[C@@H](c2cccc([N+](=O)[O-])c2)N1C[C@@H]1CCCO1. The van der Waals surface area contributed by atoms with Crippen LogP contribution in [-0.4, -0.2) is 35.0 Å². The maximum absolute atomic E-state index is 13.1. The van der Waals surface area contributed by atoms with Gasteiger partial charge < -0.3 is 15.0 Å². The average Bonchev–Trinajstić information content (AvgIpc) is 3.17. The van der Waals surface area contributed by atoms with Gasteiger partial charge in [-0.25, -0.2) is 0 Å². The van der Waals surface area contributed by atoms with Gasteiger partial charge in [0.25, 0.3) is 11.6 Å². The Morgan fingerprint density at radius 3 is 2.85 bits per heavy atom. The number of carbonyl (C=O) groups is 1. The summed E-state index contributed by atoms with van der Waals surface area (Å²) in [5.74, 6) is -0.0913. The van der Waals surface area contributed by atoms with Crippen LogP contribution in [0.3, 0.4) is 0 Å². The molecule has 134 valence electrons. The highest BCUT2D eigenvalue weighted by atomic mass is 16.6. The van der Waals surface area contributed by atoms with E-state index < -0.39 is 11.1 Å². The van der Waals surface area contributed by atoms with Crippen molar-refractivity contribution >= 4 is 17.3 Å². The molecule has 0 aliphatic carbocycles.